The second-order valence-electron chi connectivity index (χ2n) is 5.56. The minimum Gasteiger partial charge on any atom is -0.411 e. The van der Waals surface area contributed by atoms with Crippen LogP contribution in [0.25, 0.3) is 11.5 Å². The van der Waals surface area contributed by atoms with Crippen LogP contribution in [0.1, 0.15) is 12.5 Å². The number of benzene rings is 2. The molecule has 5 nitrogen and oxygen atoms in total. The number of hydrogen-bond acceptors (Lipinski definition) is 5. The van der Waals surface area contributed by atoms with Gasteiger partial charge in [-0.3, -0.25) is 4.79 Å². The first-order valence-electron chi connectivity index (χ1n) is 7.76. The summed E-state index contributed by atoms with van der Waals surface area (Å²) in [5.74, 6) is -1.50. The number of rotatable bonds is 5. The van der Waals surface area contributed by atoms with Crippen LogP contribution in [0.2, 0.25) is 0 Å². The van der Waals surface area contributed by atoms with Gasteiger partial charge >= 0.3 is 0 Å². The Labute approximate surface area is 152 Å². The van der Waals surface area contributed by atoms with Gasteiger partial charge in [0.25, 0.3) is 5.22 Å². The lowest BCUT2D eigenvalue weighted by Gasteiger charge is -2.10. The number of hydrogen-bond donors (Lipinski definition) is 1. The summed E-state index contributed by atoms with van der Waals surface area (Å²) in [5, 5.41) is 9.83. The monoisotopic (exact) mass is 375 g/mol. The number of thioether (sulfide) groups is 1. The number of carbonyl (C=O) groups is 1. The fourth-order valence-corrected chi connectivity index (χ4v) is 2.89. The highest BCUT2D eigenvalue weighted by Crippen LogP contribution is 2.28. The molecule has 0 aliphatic carbocycles. The zero-order valence-electron chi connectivity index (χ0n) is 14.0. The Morgan fingerprint density at radius 2 is 1.96 bits per heavy atom. The highest BCUT2D eigenvalue weighted by molar-refractivity contribution is 8.00. The van der Waals surface area contributed by atoms with E-state index in [4.69, 9.17) is 4.42 Å². The number of anilines is 1. The van der Waals surface area contributed by atoms with Crippen LogP contribution < -0.4 is 5.32 Å². The first kappa shape index (κ1) is 18.1. The van der Waals surface area contributed by atoms with E-state index in [1.54, 1.807) is 6.92 Å². The molecule has 0 bridgehead atoms. The third-order valence-electron chi connectivity index (χ3n) is 3.62. The standard InChI is InChI=1S/C18H15F2N3O2S/c1-10-5-3-4-6-13(10)17-22-23-18(25-17)26-11(2)16(24)21-15-9-12(19)7-8-14(15)20/h3-9,11H,1-2H3,(H,21,24)/t11-/m0/s1. The summed E-state index contributed by atoms with van der Waals surface area (Å²) in [6.45, 7) is 3.53. The zero-order valence-corrected chi connectivity index (χ0v) is 14.8. The average Bonchev–Trinajstić information content (AvgIpc) is 3.06. The van der Waals surface area contributed by atoms with E-state index >= 15 is 0 Å². The predicted octanol–water partition coefficient (Wildman–Crippen LogP) is 4.44. The summed E-state index contributed by atoms with van der Waals surface area (Å²) in [7, 11) is 0. The lowest BCUT2D eigenvalue weighted by atomic mass is 10.1. The minimum absolute atomic E-state index is 0.214. The zero-order chi connectivity index (χ0) is 18.7. The molecule has 1 amide bonds. The molecule has 0 unspecified atom stereocenters. The van der Waals surface area contributed by atoms with Crippen molar-refractivity contribution >= 4 is 23.4 Å². The van der Waals surface area contributed by atoms with Crippen LogP contribution in [0.4, 0.5) is 14.5 Å². The number of nitrogens with zero attached hydrogens (tertiary/aromatic N) is 2. The molecule has 3 rings (SSSR count). The number of nitrogens with one attached hydrogen (secondary N) is 1. The molecule has 0 aliphatic heterocycles. The molecular formula is C18H15F2N3O2S. The summed E-state index contributed by atoms with van der Waals surface area (Å²) in [4.78, 5) is 12.2. The van der Waals surface area contributed by atoms with Gasteiger partial charge in [0, 0.05) is 11.6 Å². The molecule has 1 atom stereocenters. The molecule has 134 valence electrons. The van der Waals surface area contributed by atoms with E-state index in [1.807, 2.05) is 31.2 Å². The Kier molecular flexibility index (Phi) is 5.32. The van der Waals surface area contributed by atoms with Crippen molar-refractivity contribution in [2.24, 2.45) is 0 Å². The maximum atomic E-state index is 13.6. The summed E-state index contributed by atoms with van der Waals surface area (Å²) >= 11 is 1.03. The van der Waals surface area contributed by atoms with Gasteiger partial charge in [0.15, 0.2) is 0 Å². The van der Waals surface area contributed by atoms with E-state index in [0.29, 0.717) is 5.89 Å². The van der Waals surface area contributed by atoms with E-state index in [0.717, 1.165) is 41.1 Å². The molecule has 0 saturated heterocycles. The van der Waals surface area contributed by atoms with E-state index in [9.17, 15) is 13.6 Å². The molecule has 2 aromatic carbocycles. The first-order chi connectivity index (χ1) is 12.4. The van der Waals surface area contributed by atoms with Crippen LogP contribution >= 0.6 is 11.8 Å². The van der Waals surface area contributed by atoms with Crippen molar-refractivity contribution < 1.29 is 18.0 Å². The summed E-state index contributed by atoms with van der Waals surface area (Å²) in [6.07, 6.45) is 0. The van der Waals surface area contributed by atoms with Gasteiger partial charge in [-0.05, 0) is 37.6 Å². The third-order valence-corrected chi connectivity index (χ3v) is 4.55. The summed E-state index contributed by atoms with van der Waals surface area (Å²) in [5.41, 5.74) is 1.58. The van der Waals surface area contributed by atoms with E-state index in [1.165, 1.54) is 0 Å². The lowest BCUT2D eigenvalue weighted by molar-refractivity contribution is -0.115. The van der Waals surface area contributed by atoms with Crippen molar-refractivity contribution in [1.82, 2.24) is 10.2 Å². The third kappa shape index (κ3) is 4.08. The van der Waals surface area contributed by atoms with Crippen molar-refractivity contribution in [3.05, 3.63) is 59.7 Å². The molecule has 0 aliphatic rings. The fourth-order valence-electron chi connectivity index (χ4n) is 2.21. The predicted molar refractivity (Wildman–Crippen MR) is 94.8 cm³/mol. The number of carbonyl (C=O) groups excluding carboxylic acids is 1. The van der Waals surface area contributed by atoms with Crippen LogP contribution in [-0.2, 0) is 4.79 Å². The molecule has 0 radical (unpaired) electrons. The fraction of sp³-hybridized carbons (Fsp3) is 0.167. The van der Waals surface area contributed by atoms with Crippen molar-refractivity contribution in [2.75, 3.05) is 5.32 Å². The molecule has 0 fully saturated rings. The summed E-state index contributed by atoms with van der Waals surface area (Å²) in [6, 6.07) is 10.4. The molecule has 1 heterocycles. The van der Waals surface area contributed by atoms with E-state index < -0.39 is 22.8 Å². The van der Waals surface area contributed by atoms with Gasteiger partial charge in [0.05, 0.1) is 10.9 Å². The van der Waals surface area contributed by atoms with Crippen LogP contribution in [0.3, 0.4) is 0 Å². The van der Waals surface area contributed by atoms with Gasteiger partial charge in [-0.25, -0.2) is 8.78 Å². The number of aromatic nitrogens is 2. The minimum atomic E-state index is -0.712. The van der Waals surface area contributed by atoms with Crippen LogP contribution in [0.5, 0.6) is 0 Å². The topological polar surface area (TPSA) is 68.0 Å². The van der Waals surface area contributed by atoms with Gasteiger partial charge in [0.1, 0.15) is 11.6 Å². The second-order valence-corrected chi connectivity index (χ2v) is 6.85. The molecule has 1 N–H and O–H groups in total. The SMILES string of the molecule is Cc1ccccc1-c1nnc(S[C@@H](C)C(=O)Nc2cc(F)ccc2F)o1. The van der Waals surface area contributed by atoms with Crippen LogP contribution in [0.15, 0.2) is 52.1 Å². The molecule has 3 aromatic rings. The molecule has 8 heteroatoms. The Morgan fingerprint density at radius 1 is 1.19 bits per heavy atom. The van der Waals surface area contributed by atoms with Gasteiger partial charge in [-0.15, -0.1) is 10.2 Å². The maximum Gasteiger partial charge on any atom is 0.277 e. The van der Waals surface area contributed by atoms with Crippen molar-refractivity contribution in [2.45, 2.75) is 24.3 Å². The van der Waals surface area contributed by atoms with Gasteiger partial charge in [-0.1, -0.05) is 30.0 Å². The Hall–Kier alpha value is -2.74. The molecule has 1 aromatic heterocycles. The van der Waals surface area contributed by atoms with Crippen molar-refractivity contribution in [3.8, 4) is 11.5 Å². The quantitative estimate of drug-likeness (QED) is 0.668. The van der Waals surface area contributed by atoms with Gasteiger partial charge in [-0.2, -0.15) is 0 Å². The Balaban J connectivity index is 1.68. The largest absolute Gasteiger partial charge is 0.411 e. The Bertz CT molecular complexity index is 946. The molecule has 0 saturated carbocycles. The van der Waals surface area contributed by atoms with Crippen molar-refractivity contribution in [3.63, 3.8) is 0 Å². The second kappa shape index (κ2) is 7.65. The average molecular weight is 375 g/mol. The maximum absolute atomic E-state index is 13.6. The summed E-state index contributed by atoms with van der Waals surface area (Å²) < 4.78 is 32.4. The van der Waals surface area contributed by atoms with Gasteiger partial charge < -0.3 is 9.73 Å². The lowest BCUT2D eigenvalue weighted by Crippen LogP contribution is -2.23. The molecular weight excluding hydrogens is 360 g/mol. The van der Waals surface area contributed by atoms with Gasteiger partial charge in [0.2, 0.25) is 11.8 Å². The van der Waals surface area contributed by atoms with Crippen molar-refractivity contribution in [1.29, 1.82) is 0 Å². The Morgan fingerprint density at radius 3 is 2.73 bits per heavy atom. The highest BCUT2D eigenvalue weighted by Gasteiger charge is 2.20. The molecule has 0 spiro atoms. The number of aryl methyl sites for hydroxylation is 1. The van der Waals surface area contributed by atoms with Crippen LogP contribution in [0, 0.1) is 18.6 Å². The van der Waals surface area contributed by atoms with E-state index in [-0.39, 0.29) is 10.9 Å². The van der Waals surface area contributed by atoms with Crippen LogP contribution in [-0.4, -0.2) is 21.4 Å². The first-order valence-corrected chi connectivity index (χ1v) is 8.64. The number of amides is 1. The normalized spacial score (nSPS) is 12.0. The molecule has 26 heavy (non-hydrogen) atoms. The van der Waals surface area contributed by atoms with E-state index in [2.05, 4.69) is 15.5 Å². The smallest absolute Gasteiger partial charge is 0.277 e. The number of halogens is 2. The highest BCUT2D eigenvalue weighted by atomic mass is 32.2.